The van der Waals surface area contributed by atoms with Crippen LogP contribution in [-0.2, 0) is 28.6 Å². The molecule has 1 unspecified atom stereocenters. The van der Waals surface area contributed by atoms with Gasteiger partial charge in [0, 0.05) is 19.3 Å². The first-order chi connectivity index (χ1) is 35.0. The van der Waals surface area contributed by atoms with E-state index in [1.54, 1.807) is 0 Å². The lowest BCUT2D eigenvalue weighted by atomic mass is 10.1. The van der Waals surface area contributed by atoms with E-state index in [4.69, 9.17) is 14.2 Å². The first-order valence-electron chi connectivity index (χ1n) is 28.7. The first kappa shape index (κ1) is 66.6. The van der Waals surface area contributed by atoms with Crippen LogP contribution in [0.15, 0.2) is 134 Å². The van der Waals surface area contributed by atoms with Crippen molar-refractivity contribution in [3.8, 4) is 0 Å². The second kappa shape index (κ2) is 58.1. The van der Waals surface area contributed by atoms with Crippen molar-refractivity contribution in [2.45, 2.75) is 245 Å². The average Bonchev–Trinajstić information content (AvgIpc) is 3.37. The number of carbonyl (C=O) groups is 3. The van der Waals surface area contributed by atoms with Gasteiger partial charge in [0.25, 0.3) is 0 Å². The number of unbranched alkanes of at least 4 members (excludes halogenated alkanes) is 17. The lowest BCUT2D eigenvalue weighted by Crippen LogP contribution is -2.30. The third kappa shape index (κ3) is 56.3. The summed E-state index contributed by atoms with van der Waals surface area (Å²) < 4.78 is 16.7. The van der Waals surface area contributed by atoms with Crippen LogP contribution < -0.4 is 0 Å². The minimum absolute atomic E-state index is 0.102. The van der Waals surface area contributed by atoms with Gasteiger partial charge >= 0.3 is 17.9 Å². The monoisotopic (exact) mass is 981 g/mol. The van der Waals surface area contributed by atoms with Gasteiger partial charge in [-0.15, -0.1) is 0 Å². The Morgan fingerprint density at radius 2 is 0.549 bits per heavy atom. The van der Waals surface area contributed by atoms with Crippen LogP contribution >= 0.6 is 0 Å². The molecule has 1 atom stereocenters. The highest BCUT2D eigenvalue weighted by molar-refractivity contribution is 5.71. The highest BCUT2D eigenvalue weighted by Crippen LogP contribution is 2.13. The van der Waals surface area contributed by atoms with E-state index in [1.165, 1.54) is 51.4 Å². The summed E-state index contributed by atoms with van der Waals surface area (Å²) in [6.07, 6.45) is 82.0. The summed E-state index contributed by atoms with van der Waals surface area (Å²) >= 11 is 0. The summed E-state index contributed by atoms with van der Waals surface area (Å²) in [4.78, 5) is 37.8. The Morgan fingerprint density at radius 1 is 0.296 bits per heavy atom. The second-order valence-electron chi connectivity index (χ2n) is 18.5. The Kier molecular flexibility index (Phi) is 54.5. The molecule has 71 heavy (non-hydrogen) atoms. The van der Waals surface area contributed by atoms with Gasteiger partial charge in [0.15, 0.2) is 6.10 Å². The van der Waals surface area contributed by atoms with Crippen LogP contribution in [0.4, 0.5) is 0 Å². The Labute approximate surface area is 436 Å². The summed E-state index contributed by atoms with van der Waals surface area (Å²) in [6.45, 7) is 6.37. The summed E-state index contributed by atoms with van der Waals surface area (Å²) in [6, 6.07) is 0. The number of hydrogen-bond acceptors (Lipinski definition) is 6. The molecule has 0 N–H and O–H groups in total. The maximum absolute atomic E-state index is 12.8. The van der Waals surface area contributed by atoms with Crippen molar-refractivity contribution >= 4 is 17.9 Å². The number of allylic oxidation sites excluding steroid dienone is 22. The summed E-state index contributed by atoms with van der Waals surface area (Å²) in [5.41, 5.74) is 0. The van der Waals surface area contributed by atoms with Gasteiger partial charge in [0.05, 0.1) is 0 Å². The average molecular weight is 982 g/mol. The normalized spacial score (nSPS) is 13.1. The lowest BCUT2D eigenvalue weighted by Gasteiger charge is -2.18. The minimum Gasteiger partial charge on any atom is -0.462 e. The van der Waals surface area contributed by atoms with Crippen LogP contribution in [-0.4, -0.2) is 37.2 Å². The van der Waals surface area contributed by atoms with E-state index in [9.17, 15) is 14.4 Å². The largest absolute Gasteiger partial charge is 0.462 e. The van der Waals surface area contributed by atoms with Crippen LogP contribution in [0, 0.1) is 0 Å². The van der Waals surface area contributed by atoms with Crippen LogP contribution in [0.25, 0.3) is 0 Å². The molecule has 0 heterocycles. The number of carbonyl (C=O) groups excluding carboxylic acids is 3. The van der Waals surface area contributed by atoms with Crippen molar-refractivity contribution < 1.29 is 28.6 Å². The van der Waals surface area contributed by atoms with Crippen LogP contribution in [0.3, 0.4) is 0 Å². The molecule has 0 aromatic carbocycles. The van der Waals surface area contributed by atoms with Crippen molar-refractivity contribution in [3.05, 3.63) is 134 Å². The molecule has 6 heteroatoms. The topological polar surface area (TPSA) is 78.9 Å². The van der Waals surface area contributed by atoms with Crippen molar-refractivity contribution in [1.29, 1.82) is 0 Å². The van der Waals surface area contributed by atoms with E-state index in [0.29, 0.717) is 25.7 Å². The predicted octanol–water partition coefficient (Wildman–Crippen LogP) is 19.4. The molecule has 0 aliphatic carbocycles. The van der Waals surface area contributed by atoms with E-state index in [1.807, 2.05) is 0 Å². The van der Waals surface area contributed by atoms with Crippen molar-refractivity contribution in [1.82, 2.24) is 0 Å². The quantitative estimate of drug-likeness (QED) is 0.0262. The van der Waals surface area contributed by atoms with Crippen molar-refractivity contribution in [2.75, 3.05) is 13.2 Å². The molecule has 0 saturated carbocycles. The van der Waals surface area contributed by atoms with Gasteiger partial charge in [-0.2, -0.15) is 0 Å². The molecule has 0 aromatic rings. The molecule has 0 fully saturated rings. The van der Waals surface area contributed by atoms with E-state index >= 15 is 0 Å². The fourth-order valence-corrected chi connectivity index (χ4v) is 7.35. The molecule has 0 bridgehead atoms. The van der Waals surface area contributed by atoms with E-state index in [2.05, 4.69) is 154 Å². The van der Waals surface area contributed by atoms with Gasteiger partial charge in [-0.3, -0.25) is 14.4 Å². The van der Waals surface area contributed by atoms with E-state index in [-0.39, 0.29) is 31.1 Å². The van der Waals surface area contributed by atoms with Crippen LogP contribution in [0.2, 0.25) is 0 Å². The van der Waals surface area contributed by atoms with Crippen LogP contribution in [0.5, 0.6) is 0 Å². The molecule has 0 rings (SSSR count). The van der Waals surface area contributed by atoms with Gasteiger partial charge in [-0.1, -0.05) is 231 Å². The molecule has 0 amide bonds. The standard InChI is InChI=1S/C65H104O6/c1-4-7-10-13-15-17-19-21-23-25-27-29-30-31-32-33-34-36-37-39-41-43-45-47-49-52-55-58-64(67)70-61-62(60-69-63(66)57-54-51-12-9-6-3)71-65(68)59-56-53-50-48-46-44-42-40-38-35-28-26-24-22-20-18-16-14-11-8-5-2/h7,10,15,17,20-23,26-29,31-32,34,36,38-41,45,47,62H,4-6,8-9,11-14,16,18-19,24-25,30,33,35,37,42-44,46,48-61H2,1-3H3/b10-7-,17-15-,22-20-,23-21-,28-26-,29-27-,32-31-,36-34-,40-38-,41-39-,47-45-. The zero-order chi connectivity index (χ0) is 51.4. The first-order valence-corrected chi connectivity index (χ1v) is 28.7. The highest BCUT2D eigenvalue weighted by atomic mass is 16.6. The minimum atomic E-state index is -0.804. The molecule has 6 nitrogen and oxygen atoms in total. The van der Waals surface area contributed by atoms with E-state index in [0.717, 1.165) is 141 Å². The third-order valence-corrected chi connectivity index (χ3v) is 11.6. The fraction of sp³-hybridized carbons (Fsp3) is 0.615. The molecule has 0 aromatic heterocycles. The number of ether oxygens (including phenoxy) is 3. The molecular weight excluding hydrogens is 877 g/mol. The molecule has 0 spiro atoms. The summed E-state index contributed by atoms with van der Waals surface area (Å²) in [7, 11) is 0. The van der Waals surface area contributed by atoms with Gasteiger partial charge in [-0.25, -0.2) is 0 Å². The maximum atomic E-state index is 12.8. The van der Waals surface area contributed by atoms with Gasteiger partial charge in [0.1, 0.15) is 13.2 Å². The van der Waals surface area contributed by atoms with E-state index < -0.39 is 6.10 Å². The van der Waals surface area contributed by atoms with Crippen molar-refractivity contribution in [3.63, 3.8) is 0 Å². The third-order valence-electron chi connectivity index (χ3n) is 11.6. The maximum Gasteiger partial charge on any atom is 0.306 e. The van der Waals surface area contributed by atoms with Gasteiger partial charge in [-0.05, 0) is 122 Å². The SMILES string of the molecule is CC/C=C\C/C=C\C/C=C\C/C=C\C/C=C\C/C=C\C/C=C\C/C=C\CCCCC(=O)OCC(COC(=O)CCCCCCC)OC(=O)CCCCCCCC/C=C\C/C=C\C/C=C\CCCCCCC. The Morgan fingerprint density at radius 3 is 0.887 bits per heavy atom. The number of hydrogen-bond donors (Lipinski definition) is 0. The van der Waals surface area contributed by atoms with Gasteiger partial charge in [0.2, 0.25) is 0 Å². The fourth-order valence-electron chi connectivity index (χ4n) is 7.35. The lowest BCUT2D eigenvalue weighted by molar-refractivity contribution is -0.167. The molecular formula is C65H104O6. The molecule has 0 aliphatic rings. The van der Waals surface area contributed by atoms with Crippen molar-refractivity contribution in [2.24, 2.45) is 0 Å². The Hall–Kier alpha value is -4.45. The molecule has 0 aliphatic heterocycles. The molecule has 400 valence electrons. The summed E-state index contributed by atoms with van der Waals surface area (Å²) in [5, 5.41) is 0. The zero-order valence-corrected chi connectivity index (χ0v) is 45.7. The molecule has 0 saturated heterocycles. The Bertz CT molecular complexity index is 1550. The highest BCUT2D eigenvalue weighted by Gasteiger charge is 2.19. The second-order valence-corrected chi connectivity index (χ2v) is 18.5. The molecule has 0 radical (unpaired) electrons. The number of rotatable bonds is 50. The predicted molar refractivity (Wildman–Crippen MR) is 306 cm³/mol. The van der Waals surface area contributed by atoms with Crippen LogP contribution in [0.1, 0.15) is 239 Å². The smallest absolute Gasteiger partial charge is 0.306 e. The number of esters is 3. The van der Waals surface area contributed by atoms with Gasteiger partial charge < -0.3 is 14.2 Å². The zero-order valence-electron chi connectivity index (χ0n) is 45.7. The Balaban J connectivity index is 4.26. The summed E-state index contributed by atoms with van der Waals surface area (Å²) in [5.74, 6) is -0.981.